The molecule has 1 spiro atoms. The molecule has 2 aromatic carbocycles. The lowest BCUT2D eigenvalue weighted by atomic mass is 9.74. The molecule has 4 heterocycles. The molecule has 6 rings (SSSR count). The summed E-state index contributed by atoms with van der Waals surface area (Å²) >= 11 is 1.58. The molecule has 1 unspecified atom stereocenters. The molecule has 0 bridgehead atoms. The zero-order valence-electron chi connectivity index (χ0n) is 25.6. The van der Waals surface area contributed by atoms with Crippen molar-refractivity contribution in [2.24, 2.45) is 17.8 Å². The van der Waals surface area contributed by atoms with E-state index in [0.717, 1.165) is 28.9 Å². The number of para-hydroxylation sites is 1. The van der Waals surface area contributed by atoms with E-state index in [-0.39, 0.29) is 30.2 Å². The van der Waals surface area contributed by atoms with Crippen molar-refractivity contribution in [3.8, 4) is 0 Å². The second-order valence-electron chi connectivity index (χ2n) is 12.7. The van der Waals surface area contributed by atoms with Crippen LogP contribution in [0, 0.1) is 31.6 Å². The van der Waals surface area contributed by atoms with Crippen molar-refractivity contribution in [1.29, 1.82) is 0 Å². The predicted molar refractivity (Wildman–Crippen MR) is 172 cm³/mol. The lowest BCUT2D eigenvalue weighted by Gasteiger charge is -2.41. The molecule has 7 nitrogen and oxygen atoms in total. The van der Waals surface area contributed by atoms with Crippen LogP contribution < -0.4 is 9.80 Å². The van der Waals surface area contributed by atoms with E-state index < -0.39 is 33.4 Å². The van der Waals surface area contributed by atoms with Gasteiger partial charge in [0.05, 0.1) is 29.2 Å². The topological polar surface area (TPSA) is 81.2 Å². The first-order valence-corrected chi connectivity index (χ1v) is 16.1. The Morgan fingerprint density at radius 3 is 2.33 bits per heavy atom. The van der Waals surface area contributed by atoms with Gasteiger partial charge in [-0.2, -0.15) is 0 Å². The molecule has 226 valence electrons. The van der Waals surface area contributed by atoms with E-state index >= 15 is 0 Å². The van der Waals surface area contributed by atoms with Gasteiger partial charge in [0.25, 0.3) is 5.91 Å². The quantitative estimate of drug-likeness (QED) is 0.478. The normalized spacial score (nSPS) is 31.4. The van der Waals surface area contributed by atoms with Gasteiger partial charge in [0.2, 0.25) is 11.8 Å². The number of carbonyl (C=O) groups excluding carboxylic acids is 3. The molecule has 0 aromatic heterocycles. The molecule has 0 radical (unpaired) electrons. The van der Waals surface area contributed by atoms with Crippen LogP contribution in [0.15, 0.2) is 72.8 Å². The van der Waals surface area contributed by atoms with Gasteiger partial charge in [-0.15, -0.1) is 11.8 Å². The highest BCUT2D eigenvalue weighted by atomic mass is 32.2. The summed E-state index contributed by atoms with van der Waals surface area (Å²) in [4.78, 5) is 49.7. The first-order chi connectivity index (χ1) is 20.6. The molecule has 3 amide bonds. The van der Waals surface area contributed by atoms with Crippen LogP contribution in [0.25, 0.3) is 0 Å². The summed E-state index contributed by atoms with van der Waals surface area (Å²) in [6.07, 6.45) is 8.89. The number of aliphatic hydroxyl groups is 1. The predicted octanol–water partition coefficient (Wildman–Crippen LogP) is 4.90. The molecule has 2 aromatic rings. The molecule has 8 heteroatoms. The Morgan fingerprint density at radius 1 is 0.930 bits per heavy atom. The van der Waals surface area contributed by atoms with Gasteiger partial charge in [-0.05, 0) is 56.0 Å². The molecule has 43 heavy (non-hydrogen) atoms. The van der Waals surface area contributed by atoms with E-state index in [4.69, 9.17) is 0 Å². The fourth-order valence-corrected chi connectivity index (χ4v) is 9.84. The maximum Gasteiger partial charge on any atom is 0.251 e. The van der Waals surface area contributed by atoms with Gasteiger partial charge in [0.15, 0.2) is 0 Å². The lowest BCUT2D eigenvalue weighted by molar-refractivity contribution is -0.143. The summed E-state index contributed by atoms with van der Waals surface area (Å²) in [5.41, 5.74) is 3.63. The third kappa shape index (κ3) is 4.48. The summed E-state index contributed by atoms with van der Waals surface area (Å²) in [5.74, 6) is -1.98. The van der Waals surface area contributed by atoms with E-state index in [2.05, 4.69) is 6.08 Å². The van der Waals surface area contributed by atoms with Crippen LogP contribution in [0.5, 0.6) is 0 Å². The van der Waals surface area contributed by atoms with Crippen LogP contribution in [0.3, 0.4) is 0 Å². The maximum absolute atomic E-state index is 14.9. The largest absolute Gasteiger partial charge is 0.394 e. The van der Waals surface area contributed by atoms with Gasteiger partial charge in [0, 0.05) is 29.2 Å². The van der Waals surface area contributed by atoms with Crippen molar-refractivity contribution in [3.63, 3.8) is 0 Å². The van der Waals surface area contributed by atoms with Gasteiger partial charge < -0.3 is 19.8 Å². The molecule has 4 aliphatic heterocycles. The smallest absolute Gasteiger partial charge is 0.251 e. The van der Waals surface area contributed by atoms with E-state index in [1.807, 2.05) is 101 Å². The number of hydrogen-bond acceptors (Lipinski definition) is 5. The third-order valence-electron chi connectivity index (χ3n) is 10.1. The van der Waals surface area contributed by atoms with Crippen molar-refractivity contribution in [2.45, 2.75) is 62.6 Å². The second kappa shape index (κ2) is 11.0. The van der Waals surface area contributed by atoms with Crippen molar-refractivity contribution < 1.29 is 19.5 Å². The molecule has 0 aliphatic carbocycles. The minimum absolute atomic E-state index is 0.0408. The van der Waals surface area contributed by atoms with Crippen molar-refractivity contribution in [1.82, 2.24) is 4.90 Å². The molecule has 0 saturated carbocycles. The number of rotatable bonds is 6. The molecular weight excluding hydrogens is 558 g/mol. The Morgan fingerprint density at radius 2 is 1.63 bits per heavy atom. The zero-order valence-corrected chi connectivity index (χ0v) is 26.4. The highest BCUT2D eigenvalue weighted by Gasteiger charge is 2.74. The third-order valence-corrected chi connectivity index (χ3v) is 11.9. The van der Waals surface area contributed by atoms with Crippen LogP contribution in [0.4, 0.5) is 11.4 Å². The first-order valence-electron chi connectivity index (χ1n) is 15.3. The van der Waals surface area contributed by atoms with E-state index in [0.29, 0.717) is 13.1 Å². The number of amides is 3. The SMILES string of the molecule is CC[C@H](C)[C@H](CO)N1C(=O)[C@@H]2[C@@H]3C(=O)N(c4ccccc4)CC=C[C@]3(C)S[C@@]23C=CCN(c2cc(C)ccc2C)C(=O)C13. The number of thioether (sulfide) groups is 1. The fourth-order valence-electron chi connectivity index (χ4n) is 7.70. The summed E-state index contributed by atoms with van der Waals surface area (Å²) in [6, 6.07) is 14.2. The first kappa shape index (κ1) is 29.7. The van der Waals surface area contributed by atoms with Gasteiger partial charge in [-0.1, -0.05) is 74.9 Å². The highest BCUT2D eigenvalue weighted by Crippen LogP contribution is 2.66. The van der Waals surface area contributed by atoms with Gasteiger partial charge in [-0.25, -0.2) is 0 Å². The molecule has 2 fully saturated rings. The van der Waals surface area contributed by atoms with Crippen molar-refractivity contribution in [3.05, 3.63) is 84.0 Å². The van der Waals surface area contributed by atoms with Crippen LogP contribution in [-0.4, -0.2) is 69.0 Å². The number of anilines is 2. The fraction of sp³-hybridized carbons (Fsp3) is 0.457. The number of likely N-dealkylation sites (tertiary alicyclic amines) is 1. The van der Waals surface area contributed by atoms with Gasteiger partial charge in [0.1, 0.15) is 6.04 Å². The van der Waals surface area contributed by atoms with Crippen LogP contribution in [-0.2, 0) is 14.4 Å². The van der Waals surface area contributed by atoms with Crippen molar-refractivity contribution in [2.75, 3.05) is 29.5 Å². The minimum atomic E-state index is -0.972. The zero-order chi connectivity index (χ0) is 30.7. The highest BCUT2D eigenvalue weighted by molar-refractivity contribution is 8.02. The summed E-state index contributed by atoms with van der Waals surface area (Å²) in [7, 11) is 0. The standard InChI is InChI=1S/C35H41N3O4S/c1-6-23(3)27(21-39)38-30-33(42)37(26-20-22(2)14-15-24(26)4)19-11-17-35(30)29(32(38)41)28-31(40)36(25-12-8-7-9-13-25)18-10-16-34(28,5)43-35/h7-17,20,23,27-30,39H,6,18-19,21H2,1-5H3/t23-,27-,28+,29-,30?,34-,35-/m0/s1. The van der Waals surface area contributed by atoms with Crippen LogP contribution in [0.2, 0.25) is 0 Å². The molecule has 4 aliphatic rings. The van der Waals surface area contributed by atoms with Gasteiger partial charge >= 0.3 is 0 Å². The second-order valence-corrected chi connectivity index (χ2v) is 14.5. The monoisotopic (exact) mass is 599 g/mol. The molecule has 1 N–H and O–H groups in total. The van der Waals surface area contributed by atoms with E-state index in [9.17, 15) is 19.5 Å². The van der Waals surface area contributed by atoms with E-state index in [1.165, 1.54) is 0 Å². The summed E-state index contributed by atoms with van der Waals surface area (Å²) in [6.45, 7) is 10.6. The van der Waals surface area contributed by atoms with E-state index in [1.54, 1.807) is 26.5 Å². The average molecular weight is 600 g/mol. The number of benzene rings is 2. The molecule has 7 atom stereocenters. The number of aliphatic hydroxyl groups excluding tert-OH is 1. The lowest BCUT2D eigenvalue weighted by Crippen LogP contribution is -2.58. The Hall–Kier alpha value is -3.36. The Balaban J connectivity index is 1.53. The molecular formula is C35H41N3O4S. The number of nitrogens with zero attached hydrogens (tertiary/aromatic N) is 3. The Bertz CT molecular complexity index is 1510. The van der Waals surface area contributed by atoms with Crippen LogP contribution >= 0.6 is 11.8 Å². The summed E-state index contributed by atoms with van der Waals surface area (Å²) in [5, 5.41) is 10.7. The number of aryl methyl sites for hydroxylation is 2. The minimum Gasteiger partial charge on any atom is -0.394 e. The Labute approximate surface area is 258 Å². The average Bonchev–Trinajstić information content (AvgIpc) is 3.26. The Kier molecular flexibility index (Phi) is 7.58. The number of fused-ring (bicyclic) bond motifs is 2. The van der Waals surface area contributed by atoms with Crippen LogP contribution in [0.1, 0.15) is 38.3 Å². The number of hydrogen-bond donors (Lipinski definition) is 1. The van der Waals surface area contributed by atoms with Crippen molar-refractivity contribution >= 4 is 40.9 Å². The summed E-state index contributed by atoms with van der Waals surface area (Å²) < 4.78 is -1.67. The molecule has 2 saturated heterocycles. The van der Waals surface area contributed by atoms with Gasteiger partial charge in [-0.3, -0.25) is 14.4 Å². The maximum atomic E-state index is 14.9. The number of carbonyl (C=O) groups is 3.